The molecule has 1 aliphatic heterocycles. The minimum atomic E-state index is -0.264. The minimum Gasteiger partial charge on any atom is -0.456 e. The molecule has 1 saturated heterocycles. The molecule has 0 aromatic rings. The molecule has 3 heteroatoms. The van der Waals surface area contributed by atoms with Crippen LogP contribution in [0, 0.1) is 17.8 Å². The van der Waals surface area contributed by atoms with Crippen LogP contribution in [0.4, 0.5) is 0 Å². The predicted molar refractivity (Wildman–Crippen MR) is 54.1 cm³/mol. The molecule has 3 aliphatic rings. The lowest BCUT2D eigenvalue weighted by molar-refractivity contribution is -0.152. The Morgan fingerprint density at radius 1 is 1.40 bits per heavy atom. The second-order valence-electron chi connectivity index (χ2n) is 5.10. The third-order valence-corrected chi connectivity index (χ3v) is 4.09. The molecule has 82 valence electrons. The number of esters is 1. The number of carbonyl (C=O) groups excluding carboxylic acids is 1. The van der Waals surface area contributed by atoms with Crippen LogP contribution in [0.2, 0.25) is 0 Å². The first kappa shape index (κ1) is 9.40. The maximum atomic E-state index is 11.5. The molecular weight excluding hydrogens is 192 g/mol. The van der Waals surface area contributed by atoms with Crippen molar-refractivity contribution in [3.05, 3.63) is 12.2 Å². The molecule has 5 atom stereocenters. The van der Waals surface area contributed by atoms with Gasteiger partial charge in [-0.2, -0.15) is 0 Å². The first-order chi connectivity index (χ1) is 7.16. The van der Waals surface area contributed by atoms with Gasteiger partial charge in [-0.1, -0.05) is 6.58 Å². The maximum Gasteiger partial charge on any atom is 0.333 e. The molecule has 0 N–H and O–H groups in total. The molecule has 3 fully saturated rings. The van der Waals surface area contributed by atoms with E-state index >= 15 is 0 Å². The van der Waals surface area contributed by atoms with Crippen molar-refractivity contribution in [1.82, 2.24) is 0 Å². The van der Waals surface area contributed by atoms with Crippen molar-refractivity contribution in [1.29, 1.82) is 0 Å². The summed E-state index contributed by atoms with van der Waals surface area (Å²) >= 11 is 0. The van der Waals surface area contributed by atoms with E-state index in [4.69, 9.17) is 9.47 Å². The molecule has 0 spiro atoms. The highest BCUT2D eigenvalue weighted by Crippen LogP contribution is 2.54. The van der Waals surface area contributed by atoms with Crippen LogP contribution in [-0.2, 0) is 14.3 Å². The smallest absolute Gasteiger partial charge is 0.333 e. The summed E-state index contributed by atoms with van der Waals surface area (Å²) in [7, 11) is 0. The zero-order valence-corrected chi connectivity index (χ0v) is 8.94. The lowest BCUT2D eigenvalue weighted by atomic mass is 9.88. The molecule has 0 aromatic heterocycles. The fraction of sp³-hybridized carbons (Fsp3) is 0.750. The van der Waals surface area contributed by atoms with E-state index < -0.39 is 0 Å². The summed E-state index contributed by atoms with van der Waals surface area (Å²) in [6.45, 7) is 6.16. The van der Waals surface area contributed by atoms with E-state index in [-0.39, 0.29) is 18.2 Å². The molecule has 15 heavy (non-hydrogen) atoms. The van der Waals surface area contributed by atoms with Crippen LogP contribution in [0.5, 0.6) is 0 Å². The first-order valence-electron chi connectivity index (χ1n) is 5.65. The Hall–Kier alpha value is -0.830. The van der Waals surface area contributed by atoms with Gasteiger partial charge in [-0.15, -0.1) is 0 Å². The summed E-state index contributed by atoms with van der Waals surface area (Å²) in [5.41, 5.74) is 0.479. The molecule has 5 unspecified atom stereocenters. The number of rotatable bonds is 2. The van der Waals surface area contributed by atoms with Gasteiger partial charge in [-0.05, 0) is 37.5 Å². The van der Waals surface area contributed by atoms with Gasteiger partial charge < -0.3 is 9.47 Å². The summed E-state index contributed by atoms with van der Waals surface area (Å²) in [5.74, 6) is 1.66. The van der Waals surface area contributed by atoms with Gasteiger partial charge in [0.05, 0.1) is 12.7 Å². The van der Waals surface area contributed by atoms with E-state index in [2.05, 4.69) is 6.58 Å². The SMILES string of the molecule is C=C(C)C(=O)OC1C2CC3COC1C3C2. The molecule has 0 radical (unpaired) electrons. The van der Waals surface area contributed by atoms with Crippen molar-refractivity contribution in [2.24, 2.45) is 17.8 Å². The number of carbonyl (C=O) groups is 1. The Kier molecular flexibility index (Phi) is 1.93. The molecule has 1 heterocycles. The van der Waals surface area contributed by atoms with Crippen molar-refractivity contribution >= 4 is 5.97 Å². The molecule has 2 bridgehead atoms. The Bertz CT molecular complexity index is 321. The lowest BCUT2D eigenvalue weighted by Gasteiger charge is -2.26. The highest BCUT2D eigenvalue weighted by molar-refractivity contribution is 5.87. The highest BCUT2D eigenvalue weighted by atomic mass is 16.6. The van der Waals surface area contributed by atoms with Gasteiger partial charge in [0.15, 0.2) is 0 Å². The topological polar surface area (TPSA) is 35.5 Å². The van der Waals surface area contributed by atoms with Gasteiger partial charge in [0.25, 0.3) is 0 Å². The van der Waals surface area contributed by atoms with Crippen molar-refractivity contribution < 1.29 is 14.3 Å². The summed E-state index contributed by atoms with van der Waals surface area (Å²) in [6.07, 6.45) is 2.54. The molecule has 3 nitrogen and oxygen atoms in total. The van der Waals surface area contributed by atoms with Gasteiger partial charge in [-0.3, -0.25) is 0 Å². The second-order valence-corrected chi connectivity index (χ2v) is 5.10. The Labute approximate surface area is 89.4 Å². The molecule has 0 amide bonds. The monoisotopic (exact) mass is 208 g/mol. The van der Waals surface area contributed by atoms with E-state index in [0.29, 0.717) is 17.4 Å². The number of hydrogen-bond acceptors (Lipinski definition) is 3. The lowest BCUT2D eigenvalue weighted by Crippen LogP contribution is -2.36. The van der Waals surface area contributed by atoms with Gasteiger partial charge in [0, 0.05) is 5.57 Å². The Morgan fingerprint density at radius 3 is 2.93 bits per heavy atom. The minimum absolute atomic E-state index is 0.00190. The normalized spacial score (nSPS) is 45.8. The highest BCUT2D eigenvalue weighted by Gasteiger charge is 2.58. The predicted octanol–water partition coefficient (Wildman–Crippen LogP) is 1.53. The van der Waals surface area contributed by atoms with Crippen molar-refractivity contribution in [2.75, 3.05) is 6.61 Å². The van der Waals surface area contributed by atoms with Crippen molar-refractivity contribution in [3.63, 3.8) is 0 Å². The average molecular weight is 208 g/mol. The maximum absolute atomic E-state index is 11.5. The molecule has 3 rings (SSSR count). The Balaban J connectivity index is 1.73. The van der Waals surface area contributed by atoms with E-state index in [9.17, 15) is 4.79 Å². The number of hydrogen-bond donors (Lipinski definition) is 0. The third-order valence-electron chi connectivity index (χ3n) is 4.09. The van der Waals surface area contributed by atoms with E-state index in [0.717, 1.165) is 12.5 Å². The van der Waals surface area contributed by atoms with Crippen LogP contribution < -0.4 is 0 Å². The molecule has 0 aromatic carbocycles. The third kappa shape index (κ3) is 1.26. The Morgan fingerprint density at radius 2 is 2.20 bits per heavy atom. The number of fused-ring (bicyclic) bond motifs is 1. The first-order valence-corrected chi connectivity index (χ1v) is 5.65. The van der Waals surface area contributed by atoms with Crippen LogP contribution in [0.15, 0.2) is 12.2 Å². The van der Waals surface area contributed by atoms with Crippen LogP contribution in [0.25, 0.3) is 0 Å². The standard InChI is InChI=1S/C12H16O3/c1-6(2)12(13)15-10-7-3-8-5-14-11(10)9(8)4-7/h7-11H,1,3-5H2,2H3. The van der Waals surface area contributed by atoms with Crippen molar-refractivity contribution in [2.45, 2.75) is 32.0 Å². The van der Waals surface area contributed by atoms with Gasteiger partial charge in [0.2, 0.25) is 0 Å². The molecular formula is C12H16O3. The molecule has 2 aliphatic carbocycles. The molecule has 2 saturated carbocycles. The second kappa shape index (κ2) is 3.08. The van der Waals surface area contributed by atoms with E-state index in [1.54, 1.807) is 6.92 Å². The van der Waals surface area contributed by atoms with Crippen LogP contribution in [0.3, 0.4) is 0 Å². The van der Waals surface area contributed by atoms with Crippen LogP contribution in [-0.4, -0.2) is 24.8 Å². The fourth-order valence-corrected chi connectivity index (χ4v) is 3.42. The van der Waals surface area contributed by atoms with E-state index in [1.165, 1.54) is 12.8 Å². The summed E-state index contributed by atoms with van der Waals surface area (Å²) < 4.78 is 11.2. The summed E-state index contributed by atoms with van der Waals surface area (Å²) in [6, 6.07) is 0. The number of ether oxygens (including phenoxy) is 2. The zero-order chi connectivity index (χ0) is 10.6. The zero-order valence-electron chi connectivity index (χ0n) is 8.94. The average Bonchev–Trinajstić information content (AvgIpc) is 2.76. The summed E-state index contributed by atoms with van der Waals surface area (Å²) in [5, 5.41) is 0. The van der Waals surface area contributed by atoms with Crippen molar-refractivity contribution in [3.8, 4) is 0 Å². The van der Waals surface area contributed by atoms with Gasteiger partial charge in [-0.25, -0.2) is 4.79 Å². The quantitative estimate of drug-likeness (QED) is 0.510. The van der Waals surface area contributed by atoms with Gasteiger partial charge >= 0.3 is 5.97 Å². The van der Waals surface area contributed by atoms with Crippen LogP contribution in [0.1, 0.15) is 19.8 Å². The largest absolute Gasteiger partial charge is 0.456 e. The van der Waals surface area contributed by atoms with E-state index in [1.807, 2.05) is 0 Å². The van der Waals surface area contributed by atoms with Gasteiger partial charge in [0.1, 0.15) is 6.10 Å². The summed E-state index contributed by atoms with van der Waals surface area (Å²) in [4.78, 5) is 11.5. The van der Waals surface area contributed by atoms with Crippen LogP contribution >= 0.6 is 0 Å². The fourth-order valence-electron chi connectivity index (χ4n) is 3.42.